The van der Waals surface area contributed by atoms with Gasteiger partial charge in [-0.1, -0.05) is 19.1 Å². The highest BCUT2D eigenvalue weighted by Gasteiger charge is 2.35. The number of sulfonamides is 1. The molecule has 1 saturated heterocycles. The van der Waals surface area contributed by atoms with Gasteiger partial charge in [-0.05, 0) is 42.8 Å². The second-order valence-corrected chi connectivity index (χ2v) is 9.08. The summed E-state index contributed by atoms with van der Waals surface area (Å²) in [4.78, 5) is 16.7. The molecule has 2 aromatic carbocycles. The molecule has 0 spiro atoms. The van der Waals surface area contributed by atoms with Crippen molar-refractivity contribution in [3.8, 4) is 0 Å². The maximum absolute atomic E-state index is 14.0. The van der Waals surface area contributed by atoms with Gasteiger partial charge >= 0.3 is 0 Å². The van der Waals surface area contributed by atoms with Gasteiger partial charge in [-0.25, -0.2) is 17.2 Å². The maximum atomic E-state index is 14.0. The molecule has 1 atom stereocenters. The first kappa shape index (κ1) is 22.0. The Morgan fingerprint density at radius 2 is 1.63 bits per heavy atom. The fraction of sp³-hybridized carbons (Fsp3) is 0.381. The number of carbonyl (C=O) groups excluding carboxylic acids is 1. The number of rotatable bonds is 6. The molecule has 1 amide bonds. The Hall–Kier alpha value is -2.68. The quantitative estimate of drug-likeness (QED) is 0.697. The van der Waals surface area contributed by atoms with Crippen molar-refractivity contribution in [2.75, 3.05) is 41.6 Å². The van der Waals surface area contributed by atoms with E-state index in [1.54, 1.807) is 30.0 Å². The lowest BCUT2D eigenvalue weighted by atomic mass is 10.1. The van der Waals surface area contributed by atoms with E-state index in [1.165, 1.54) is 18.2 Å². The third kappa shape index (κ3) is 4.72. The SMILES string of the molecule is CC[C@H](C(=O)N1CCN(c2ccccc2F)CC1)N(c1ccc(F)cc1)S(C)(=O)=O. The number of amides is 1. The standard InChI is InChI=1S/C21H25F2N3O3S/c1-3-19(26(30(2,28)29)17-10-8-16(22)9-11-17)21(27)25-14-12-24(13-15-25)20-7-5-4-6-18(20)23/h4-11,19H,3,12-15H2,1-2H3/t19-/m1/s1. The molecule has 0 aliphatic carbocycles. The molecule has 162 valence electrons. The Balaban J connectivity index is 1.78. The average Bonchev–Trinajstić information content (AvgIpc) is 2.72. The normalized spacial score (nSPS) is 15.7. The van der Waals surface area contributed by atoms with Crippen molar-refractivity contribution in [1.29, 1.82) is 0 Å². The van der Waals surface area contributed by atoms with Gasteiger partial charge in [-0.2, -0.15) is 0 Å². The largest absolute Gasteiger partial charge is 0.366 e. The van der Waals surface area contributed by atoms with Crippen LogP contribution in [0.3, 0.4) is 0 Å². The molecule has 6 nitrogen and oxygen atoms in total. The molecule has 0 bridgehead atoms. The Kier molecular flexibility index (Phi) is 6.60. The molecule has 9 heteroatoms. The van der Waals surface area contributed by atoms with Crippen LogP contribution in [-0.2, 0) is 14.8 Å². The van der Waals surface area contributed by atoms with Crippen LogP contribution in [0, 0.1) is 11.6 Å². The fourth-order valence-corrected chi connectivity index (χ4v) is 4.92. The monoisotopic (exact) mass is 437 g/mol. The number of benzene rings is 2. The Labute approximate surface area is 175 Å². The van der Waals surface area contributed by atoms with Gasteiger partial charge in [-0.3, -0.25) is 9.10 Å². The molecule has 1 aliphatic heterocycles. The zero-order valence-electron chi connectivity index (χ0n) is 17.0. The summed E-state index contributed by atoms with van der Waals surface area (Å²) in [5.74, 6) is -1.13. The zero-order chi connectivity index (χ0) is 21.9. The highest BCUT2D eigenvalue weighted by molar-refractivity contribution is 7.92. The number of halogens is 2. The Bertz CT molecular complexity index is 991. The highest BCUT2D eigenvalue weighted by Crippen LogP contribution is 2.25. The maximum Gasteiger partial charge on any atom is 0.246 e. The van der Waals surface area contributed by atoms with Crippen LogP contribution in [0.5, 0.6) is 0 Å². The second kappa shape index (κ2) is 8.99. The third-order valence-electron chi connectivity index (χ3n) is 5.18. The van der Waals surface area contributed by atoms with Crippen LogP contribution in [0.25, 0.3) is 0 Å². The predicted octanol–water partition coefficient (Wildman–Crippen LogP) is 2.86. The van der Waals surface area contributed by atoms with Crippen molar-refractivity contribution in [1.82, 2.24) is 4.90 Å². The lowest BCUT2D eigenvalue weighted by Gasteiger charge is -2.39. The van der Waals surface area contributed by atoms with E-state index < -0.39 is 21.9 Å². The summed E-state index contributed by atoms with van der Waals surface area (Å²) in [5, 5.41) is 0. The average molecular weight is 438 g/mol. The lowest BCUT2D eigenvalue weighted by molar-refractivity contribution is -0.132. The van der Waals surface area contributed by atoms with Crippen molar-refractivity contribution in [3.63, 3.8) is 0 Å². The zero-order valence-corrected chi connectivity index (χ0v) is 17.8. The van der Waals surface area contributed by atoms with Crippen molar-refractivity contribution in [3.05, 3.63) is 60.2 Å². The minimum absolute atomic E-state index is 0.240. The molecule has 1 fully saturated rings. The number of anilines is 2. The first-order valence-corrected chi connectivity index (χ1v) is 11.6. The van der Waals surface area contributed by atoms with Gasteiger partial charge in [0.25, 0.3) is 0 Å². The van der Waals surface area contributed by atoms with Crippen LogP contribution >= 0.6 is 0 Å². The van der Waals surface area contributed by atoms with E-state index in [9.17, 15) is 22.0 Å². The van der Waals surface area contributed by atoms with E-state index >= 15 is 0 Å². The van der Waals surface area contributed by atoms with Gasteiger partial charge in [0.05, 0.1) is 17.6 Å². The minimum Gasteiger partial charge on any atom is -0.366 e. The smallest absolute Gasteiger partial charge is 0.246 e. The van der Waals surface area contributed by atoms with E-state index in [4.69, 9.17) is 0 Å². The molecule has 0 aromatic heterocycles. The number of carbonyl (C=O) groups is 1. The van der Waals surface area contributed by atoms with Crippen LogP contribution in [0.2, 0.25) is 0 Å². The van der Waals surface area contributed by atoms with Crippen LogP contribution in [-0.4, -0.2) is 57.7 Å². The van der Waals surface area contributed by atoms with E-state index in [0.29, 0.717) is 31.9 Å². The Morgan fingerprint density at radius 1 is 1.03 bits per heavy atom. The lowest BCUT2D eigenvalue weighted by Crippen LogP contribution is -2.56. The van der Waals surface area contributed by atoms with Crippen LogP contribution < -0.4 is 9.21 Å². The molecule has 30 heavy (non-hydrogen) atoms. The molecule has 1 aliphatic rings. The first-order chi connectivity index (χ1) is 14.2. The molecule has 0 radical (unpaired) electrons. The molecule has 0 saturated carbocycles. The minimum atomic E-state index is -3.78. The summed E-state index contributed by atoms with van der Waals surface area (Å²) in [6.07, 6.45) is 1.29. The van der Waals surface area contributed by atoms with E-state index in [1.807, 2.05) is 4.90 Å². The van der Waals surface area contributed by atoms with E-state index in [2.05, 4.69) is 0 Å². The summed E-state index contributed by atoms with van der Waals surface area (Å²) in [7, 11) is -3.78. The number of piperazine rings is 1. The number of hydrogen-bond acceptors (Lipinski definition) is 4. The molecule has 2 aromatic rings. The van der Waals surface area contributed by atoms with Crippen LogP contribution in [0.1, 0.15) is 13.3 Å². The Morgan fingerprint density at radius 3 is 2.17 bits per heavy atom. The number of hydrogen-bond donors (Lipinski definition) is 0. The number of para-hydroxylation sites is 1. The van der Waals surface area contributed by atoms with Gasteiger partial charge in [-0.15, -0.1) is 0 Å². The van der Waals surface area contributed by atoms with Crippen molar-refractivity contribution in [2.24, 2.45) is 0 Å². The van der Waals surface area contributed by atoms with Crippen LogP contribution in [0.15, 0.2) is 48.5 Å². The van der Waals surface area contributed by atoms with Crippen molar-refractivity contribution >= 4 is 27.3 Å². The van der Waals surface area contributed by atoms with Crippen LogP contribution in [0.4, 0.5) is 20.2 Å². The molecule has 1 heterocycles. The van der Waals surface area contributed by atoms with Gasteiger partial charge in [0.15, 0.2) is 0 Å². The number of nitrogens with zero attached hydrogens (tertiary/aromatic N) is 3. The molecule has 3 rings (SSSR count). The summed E-state index contributed by atoms with van der Waals surface area (Å²) in [6, 6.07) is 10.6. The van der Waals surface area contributed by atoms with Crippen molar-refractivity contribution in [2.45, 2.75) is 19.4 Å². The van der Waals surface area contributed by atoms with Gasteiger partial charge < -0.3 is 9.80 Å². The summed E-state index contributed by atoms with van der Waals surface area (Å²) < 4.78 is 53.4. The summed E-state index contributed by atoms with van der Waals surface area (Å²) >= 11 is 0. The summed E-state index contributed by atoms with van der Waals surface area (Å²) in [6.45, 7) is 3.33. The van der Waals surface area contributed by atoms with Gasteiger partial charge in [0, 0.05) is 26.2 Å². The van der Waals surface area contributed by atoms with Gasteiger partial charge in [0.2, 0.25) is 15.9 Å². The molecular formula is C21H25F2N3O3S. The molecule has 0 N–H and O–H groups in total. The summed E-state index contributed by atoms with van der Waals surface area (Å²) in [5.41, 5.74) is 0.727. The van der Waals surface area contributed by atoms with E-state index in [0.717, 1.165) is 22.7 Å². The topological polar surface area (TPSA) is 60.9 Å². The van der Waals surface area contributed by atoms with Gasteiger partial charge in [0.1, 0.15) is 17.7 Å². The fourth-order valence-electron chi connectivity index (χ4n) is 3.72. The third-order valence-corrected chi connectivity index (χ3v) is 6.36. The predicted molar refractivity (Wildman–Crippen MR) is 113 cm³/mol. The molecule has 0 unspecified atom stereocenters. The molecular weight excluding hydrogens is 412 g/mol. The second-order valence-electron chi connectivity index (χ2n) is 7.22. The van der Waals surface area contributed by atoms with E-state index in [-0.39, 0.29) is 23.8 Å². The highest BCUT2D eigenvalue weighted by atomic mass is 32.2. The first-order valence-electron chi connectivity index (χ1n) is 9.75. The van der Waals surface area contributed by atoms with Crippen molar-refractivity contribution < 1.29 is 22.0 Å².